The highest BCUT2D eigenvalue weighted by atomic mass is 19.1. The summed E-state index contributed by atoms with van der Waals surface area (Å²) < 4.78 is 16.9. The van der Waals surface area contributed by atoms with Crippen LogP contribution in [0.4, 0.5) is 4.39 Å². The van der Waals surface area contributed by atoms with Crippen LogP contribution in [0.1, 0.15) is 21.5 Å². The lowest BCUT2D eigenvalue weighted by atomic mass is 10.1. The van der Waals surface area contributed by atoms with Crippen molar-refractivity contribution in [3.05, 3.63) is 120 Å². The number of carbonyl (C=O) groups is 1. The number of carbonyl (C=O) groups excluding carboxylic acids is 1. The van der Waals surface area contributed by atoms with Crippen LogP contribution in [0.15, 0.2) is 97.7 Å². The van der Waals surface area contributed by atoms with Crippen molar-refractivity contribution in [2.45, 2.75) is 13.1 Å². The maximum atomic E-state index is 13.5. The van der Waals surface area contributed by atoms with Crippen LogP contribution in [0.3, 0.4) is 0 Å². The molecule has 0 saturated carbocycles. The fourth-order valence-electron chi connectivity index (χ4n) is 3.64. The number of para-hydroxylation sites is 1. The monoisotopic (exact) mass is 452 g/mol. The predicted molar refractivity (Wildman–Crippen MR) is 126 cm³/mol. The molecule has 3 aromatic carbocycles. The molecule has 0 spiro atoms. The van der Waals surface area contributed by atoms with E-state index in [-0.39, 0.29) is 18.3 Å². The summed E-state index contributed by atoms with van der Waals surface area (Å²) in [5, 5.41) is 11.8. The number of amides is 1. The van der Waals surface area contributed by atoms with E-state index in [9.17, 15) is 9.18 Å². The summed E-state index contributed by atoms with van der Waals surface area (Å²) in [4.78, 5) is 16.7. The Kier molecular flexibility index (Phi) is 5.94. The Bertz CT molecular complexity index is 1380. The van der Waals surface area contributed by atoms with E-state index >= 15 is 0 Å². The molecule has 168 valence electrons. The van der Waals surface area contributed by atoms with E-state index in [0.29, 0.717) is 17.8 Å². The van der Waals surface area contributed by atoms with Crippen molar-refractivity contribution in [1.82, 2.24) is 29.9 Å². The number of rotatable bonds is 7. The number of aromatic nitrogens is 5. The molecule has 7 nitrogen and oxygen atoms in total. The largest absolute Gasteiger partial charge is 0.348 e. The molecule has 0 fully saturated rings. The van der Waals surface area contributed by atoms with E-state index in [1.807, 2.05) is 48.7 Å². The molecule has 0 bridgehead atoms. The molecule has 1 amide bonds. The Morgan fingerprint density at radius 2 is 1.71 bits per heavy atom. The zero-order valence-corrected chi connectivity index (χ0v) is 18.2. The van der Waals surface area contributed by atoms with Gasteiger partial charge in [-0.15, -0.1) is 0 Å². The molecule has 0 saturated heterocycles. The second kappa shape index (κ2) is 9.50. The first kappa shape index (κ1) is 21.3. The Hall–Kier alpha value is -4.59. The molecular weight excluding hydrogens is 431 g/mol. The summed E-state index contributed by atoms with van der Waals surface area (Å²) in [6.45, 7) is 0.862. The number of halogens is 1. The fourth-order valence-corrected chi connectivity index (χ4v) is 3.64. The van der Waals surface area contributed by atoms with Crippen LogP contribution in [-0.4, -0.2) is 30.5 Å². The highest BCUT2D eigenvalue weighted by Gasteiger charge is 2.14. The molecule has 5 rings (SSSR count). The molecule has 0 unspecified atom stereocenters. The molecule has 0 radical (unpaired) electrons. The van der Waals surface area contributed by atoms with Gasteiger partial charge in [0.25, 0.3) is 5.91 Å². The summed E-state index contributed by atoms with van der Waals surface area (Å²) in [5.74, 6) is -0.502. The summed E-state index contributed by atoms with van der Waals surface area (Å²) in [6.07, 6.45) is 5.02. The van der Waals surface area contributed by atoms with Gasteiger partial charge in [0.15, 0.2) is 0 Å². The Morgan fingerprint density at radius 1 is 0.941 bits per heavy atom. The lowest BCUT2D eigenvalue weighted by molar-refractivity contribution is 0.0951. The van der Waals surface area contributed by atoms with Crippen LogP contribution in [0, 0.1) is 5.82 Å². The van der Waals surface area contributed by atoms with Crippen LogP contribution in [0.5, 0.6) is 0 Å². The fraction of sp³-hybridized carbons (Fsp3) is 0.0769. The minimum atomic E-state index is -0.312. The quantitative estimate of drug-likeness (QED) is 0.401. The van der Waals surface area contributed by atoms with E-state index in [1.165, 1.54) is 18.5 Å². The van der Waals surface area contributed by atoms with Gasteiger partial charge in [0.05, 0.1) is 17.9 Å². The first-order chi connectivity index (χ1) is 16.7. The topological polar surface area (TPSA) is 77.6 Å². The minimum Gasteiger partial charge on any atom is -0.348 e. The third kappa shape index (κ3) is 4.75. The van der Waals surface area contributed by atoms with Gasteiger partial charge in [0.2, 0.25) is 0 Å². The minimum absolute atomic E-state index is 0.190. The smallest absolute Gasteiger partial charge is 0.251 e. The average molecular weight is 452 g/mol. The molecule has 2 heterocycles. The second-order valence-electron chi connectivity index (χ2n) is 7.76. The van der Waals surface area contributed by atoms with Crippen molar-refractivity contribution in [2.24, 2.45) is 0 Å². The van der Waals surface area contributed by atoms with Crippen LogP contribution in [0.25, 0.3) is 16.9 Å². The van der Waals surface area contributed by atoms with E-state index < -0.39 is 0 Å². The molecule has 2 aromatic heterocycles. The molecule has 0 atom stereocenters. The van der Waals surface area contributed by atoms with Gasteiger partial charge in [-0.3, -0.25) is 4.79 Å². The number of benzene rings is 3. The van der Waals surface area contributed by atoms with Crippen molar-refractivity contribution < 1.29 is 9.18 Å². The van der Waals surface area contributed by atoms with Gasteiger partial charge in [0, 0.05) is 29.4 Å². The normalized spacial score (nSPS) is 10.9. The van der Waals surface area contributed by atoms with Crippen LogP contribution in [-0.2, 0) is 13.1 Å². The predicted octanol–water partition coefficient (Wildman–Crippen LogP) is 4.25. The number of hydrogen-bond acceptors (Lipinski definition) is 4. The van der Waals surface area contributed by atoms with Crippen LogP contribution < -0.4 is 5.32 Å². The molecule has 8 heteroatoms. The second-order valence-corrected chi connectivity index (χ2v) is 7.76. The third-order valence-corrected chi connectivity index (χ3v) is 5.40. The highest BCUT2D eigenvalue weighted by Crippen LogP contribution is 2.24. The van der Waals surface area contributed by atoms with Gasteiger partial charge in [0.1, 0.15) is 18.5 Å². The lowest BCUT2D eigenvalue weighted by Gasteiger charge is -2.07. The Balaban J connectivity index is 1.34. The summed E-state index contributed by atoms with van der Waals surface area (Å²) in [5.41, 5.74) is 4.76. The number of nitrogens with zero attached hydrogens (tertiary/aromatic N) is 5. The molecule has 0 aliphatic carbocycles. The van der Waals surface area contributed by atoms with E-state index in [4.69, 9.17) is 5.10 Å². The van der Waals surface area contributed by atoms with Crippen LogP contribution >= 0.6 is 0 Å². The van der Waals surface area contributed by atoms with E-state index in [2.05, 4.69) is 15.4 Å². The first-order valence-corrected chi connectivity index (χ1v) is 10.8. The number of nitrogens with one attached hydrogen (secondary N) is 1. The molecule has 5 aromatic rings. The van der Waals surface area contributed by atoms with Crippen LogP contribution in [0.2, 0.25) is 0 Å². The zero-order valence-electron chi connectivity index (χ0n) is 18.2. The Morgan fingerprint density at radius 3 is 2.41 bits per heavy atom. The summed E-state index contributed by atoms with van der Waals surface area (Å²) in [7, 11) is 0. The summed E-state index contributed by atoms with van der Waals surface area (Å²) in [6, 6.07) is 23.2. The maximum absolute atomic E-state index is 13.5. The van der Waals surface area contributed by atoms with E-state index in [0.717, 1.165) is 22.4 Å². The van der Waals surface area contributed by atoms with E-state index in [1.54, 1.807) is 40.0 Å². The Labute approximate surface area is 195 Å². The first-order valence-electron chi connectivity index (χ1n) is 10.8. The van der Waals surface area contributed by atoms with Crippen molar-refractivity contribution in [2.75, 3.05) is 0 Å². The van der Waals surface area contributed by atoms with Gasteiger partial charge >= 0.3 is 0 Å². The van der Waals surface area contributed by atoms with Gasteiger partial charge in [-0.25, -0.2) is 18.7 Å². The molecule has 0 aliphatic heterocycles. The third-order valence-electron chi connectivity index (χ3n) is 5.40. The average Bonchev–Trinajstić information content (AvgIpc) is 3.54. The van der Waals surface area contributed by atoms with Crippen molar-refractivity contribution in [1.29, 1.82) is 0 Å². The molecule has 34 heavy (non-hydrogen) atoms. The number of hydrogen-bond donors (Lipinski definition) is 1. The zero-order chi connectivity index (χ0) is 23.3. The van der Waals surface area contributed by atoms with Crippen molar-refractivity contribution in [3.63, 3.8) is 0 Å². The molecular formula is C26H21FN6O. The van der Waals surface area contributed by atoms with Crippen molar-refractivity contribution >= 4 is 5.91 Å². The van der Waals surface area contributed by atoms with Gasteiger partial charge in [-0.05, 0) is 54.1 Å². The maximum Gasteiger partial charge on any atom is 0.251 e. The van der Waals surface area contributed by atoms with Gasteiger partial charge in [-0.1, -0.05) is 30.3 Å². The molecule has 0 aliphatic rings. The van der Waals surface area contributed by atoms with Gasteiger partial charge in [-0.2, -0.15) is 10.2 Å². The van der Waals surface area contributed by atoms with Crippen molar-refractivity contribution in [3.8, 4) is 16.9 Å². The summed E-state index contributed by atoms with van der Waals surface area (Å²) >= 11 is 0. The lowest BCUT2D eigenvalue weighted by Crippen LogP contribution is -2.22. The SMILES string of the molecule is O=C(NCc1cn(-c2ccccc2)nc1-c1ccc(F)cc1)c1ccc(Cn2cncn2)cc1. The van der Waals surface area contributed by atoms with Gasteiger partial charge < -0.3 is 5.32 Å². The molecule has 1 N–H and O–H groups in total. The standard InChI is InChI=1S/C26H21FN6O/c27-23-12-10-20(11-13-23)25-22(16-33(31-25)24-4-2-1-3-5-24)14-29-26(34)21-8-6-19(7-9-21)15-32-18-28-17-30-32/h1-13,16-18H,14-15H2,(H,29,34). The highest BCUT2D eigenvalue weighted by molar-refractivity contribution is 5.94.